The van der Waals surface area contributed by atoms with Gasteiger partial charge < -0.3 is 5.11 Å². The van der Waals surface area contributed by atoms with Crippen molar-refractivity contribution in [3.05, 3.63) is 12.2 Å². The summed E-state index contributed by atoms with van der Waals surface area (Å²) in [6, 6.07) is 0. The minimum atomic E-state index is -0.0449. The molecule has 1 N–H and O–H groups in total. The SMILES string of the molecule is CCCC[C@H]1CC/C=C\CC[C@@H]1O. The van der Waals surface area contributed by atoms with Crippen molar-refractivity contribution in [1.29, 1.82) is 0 Å². The Bertz CT molecular complexity index is 151. The molecule has 0 amide bonds. The van der Waals surface area contributed by atoms with Gasteiger partial charge in [0.2, 0.25) is 0 Å². The number of aliphatic hydroxyl groups is 1. The lowest BCUT2D eigenvalue weighted by atomic mass is 9.87. The van der Waals surface area contributed by atoms with Gasteiger partial charge in [0.1, 0.15) is 0 Å². The van der Waals surface area contributed by atoms with Crippen LogP contribution >= 0.6 is 0 Å². The summed E-state index contributed by atoms with van der Waals surface area (Å²) in [5, 5.41) is 9.87. The van der Waals surface area contributed by atoms with Crippen LogP contribution in [0.3, 0.4) is 0 Å². The Balaban J connectivity index is 2.34. The van der Waals surface area contributed by atoms with Crippen LogP contribution in [0, 0.1) is 5.92 Å². The molecule has 0 aromatic rings. The average molecular weight is 182 g/mol. The fourth-order valence-corrected chi connectivity index (χ4v) is 2.04. The third kappa shape index (κ3) is 3.95. The zero-order valence-electron chi connectivity index (χ0n) is 8.71. The minimum Gasteiger partial charge on any atom is -0.393 e. The van der Waals surface area contributed by atoms with E-state index in [1.54, 1.807) is 0 Å². The second kappa shape index (κ2) is 6.20. The summed E-state index contributed by atoms with van der Waals surface area (Å²) in [4.78, 5) is 0. The van der Waals surface area contributed by atoms with Crippen molar-refractivity contribution in [2.24, 2.45) is 5.92 Å². The summed E-state index contributed by atoms with van der Waals surface area (Å²) in [7, 11) is 0. The van der Waals surface area contributed by atoms with E-state index in [9.17, 15) is 5.11 Å². The van der Waals surface area contributed by atoms with Crippen molar-refractivity contribution in [2.75, 3.05) is 0 Å². The molecular weight excluding hydrogens is 160 g/mol. The quantitative estimate of drug-likeness (QED) is 0.664. The van der Waals surface area contributed by atoms with E-state index in [1.165, 1.54) is 25.7 Å². The maximum atomic E-state index is 9.87. The summed E-state index contributed by atoms with van der Waals surface area (Å²) >= 11 is 0. The molecule has 76 valence electrons. The summed E-state index contributed by atoms with van der Waals surface area (Å²) in [5.41, 5.74) is 0. The van der Waals surface area contributed by atoms with Crippen LogP contribution in [0.1, 0.15) is 51.9 Å². The highest BCUT2D eigenvalue weighted by Gasteiger charge is 2.18. The van der Waals surface area contributed by atoms with Crippen molar-refractivity contribution >= 4 is 0 Å². The van der Waals surface area contributed by atoms with Crippen LogP contribution < -0.4 is 0 Å². The zero-order chi connectivity index (χ0) is 9.52. The van der Waals surface area contributed by atoms with Gasteiger partial charge in [-0.2, -0.15) is 0 Å². The Kier molecular flexibility index (Phi) is 5.14. The van der Waals surface area contributed by atoms with Gasteiger partial charge in [0, 0.05) is 0 Å². The van der Waals surface area contributed by atoms with E-state index in [2.05, 4.69) is 19.1 Å². The fourth-order valence-electron chi connectivity index (χ4n) is 2.04. The zero-order valence-corrected chi connectivity index (χ0v) is 8.71. The van der Waals surface area contributed by atoms with Crippen LogP contribution in [-0.4, -0.2) is 11.2 Å². The summed E-state index contributed by atoms with van der Waals surface area (Å²) < 4.78 is 0. The molecule has 1 nitrogen and oxygen atoms in total. The lowest BCUT2D eigenvalue weighted by molar-refractivity contribution is 0.0876. The average Bonchev–Trinajstić information content (AvgIpc) is 2.11. The maximum absolute atomic E-state index is 9.87. The van der Waals surface area contributed by atoms with Gasteiger partial charge in [-0.15, -0.1) is 0 Å². The highest BCUT2D eigenvalue weighted by molar-refractivity contribution is 4.87. The summed E-state index contributed by atoms with van der Waals surface area (Å²) in [5.74, 6) is 0.560. The lowest BCUT2D eigenvalue weighted by Crippen LogP contribution is -2.21. The summed E-state index contributed by atoms with van der Waals surface area (Å²) in [6.07, 6.45) is 12.5. The Hall–Kier alpha value is -0.300. The van der Waals surface area contributed by atoms with Gasteiger partial charge in [0.15, 0.2) is 0 Å². The van der Waals surface area contributed by atoms with Crippen LogP contribution in [0.5, 0.6) is 0 Å². The van der Waals surface area contributed by atoms with Crippen molar-refractivity contribution in [2.45, 2.75) is 58.0 Å². The van der Waals surface area contributed by atoms with Gasteiger partial charge >= 0.3 is 0 Å². The van der Waals surface area contributed by atoms with Crippen molar-refractivity contribution < 1.29 is 5.11 Å². The van der Waals surface area contributed by atoms with E-state index < -0.39 is 0 Å². The van der Waals surface area contributed by atoms with Gasteiger partial charge in [0.05, 0.1) is 6.10 Å². The van der Waals surface area contributed by atoms with E-state index in [-0.39, 0.29) is 6.10 Å². The molecule has 0 spiro atoms. The molecule has 13 heavy (non-hydrogen) atoms. The molecule has 1 heteroatoms. The monoisotopic (exact) mass is 182 g/mol. The van der Waals surface area contributed by atoms with Crippen LogP contribution in [0.4, 0.5) is 0 Å². The smallest absolute Gasteiger partial charge is 0.0571 e. The molecule has 0 fully saturated rings. The first-order valence-electron chi connectivity index (χ1n) is 5.67. The first kappa shape index (κ1) is 10.8. The standard InChI is InChI=1S/C12H22O/c1-2-3-8-11-9-6-4-5-7-10-12(11)13/h4-5,11-13H,2-3,6-10H2,1H3/b5-4-/t11-,12-/m0/s1. The number of hydrogen-bond acceptors (Lipinski definition) is 1. The van der Waals surface area contributed by atoms with Crippen LogP contribution in [0.15, 0.2) is 12.2 Å². The first-order chi connectivity index (χ1) is 6.34. The molecule has 1 aliphatic carbocycles. The number of unbranched alkanes of at least 4 members (excludes halogenated alkanes) is 1. The molecule has 0 aliphatic heterocycles. The molecule has 0 saturated carbocycles. The molecule has 0 radical (unpaired) electrons. The van der Waals surface area contributed by atoms with Crippen molar-refractivity contribution in [3.8, 4) is 0 Å². The Morgan fingerprint density at radius 2 is 1.92 bits per heavy atom. The molecule has 0 bridgehead atoms. The van der Waals surface area contributed by atoms with Crippen molar-refractivity contribution in [1.82, 2.24) is 0 Å². The highest BCUT2D eigenvalue weighted by atomic mass is 16.3. The molecule has 0 aromatic heterocycles. The van der Waals surface area contributed by atoms with Crippen LogP contribution in [0.2, 0.25) is 0 Å². The third-order valence-electron chi connectivity index (χ3n) is 2.97. The van der Waals surface area contributed by atoms with Gasteiger partial charge in [-0.05, 0) is 38.0 Å². The number of rotatable bonds is 3. The first-order valence-corrected chi connectivity index (χ1v) is 5.67. The maximum Gasteiger partial charge on any atom is 0.0571 e. The Morgan fingerprint density at radius 1 is 1.23 bits per heavy atom. The van der Waals surface area contributed by atoms with Gasteiger partial charge in [-0.1, -0.05) is 31.9 Å². The molecule has 2 atom stereocenters. The second-order valence-electron chi connectivity index (χ2n) is 4.10. The van der Waals surface area contributed by atoms with E-state index >= 15 is 0 Å². The van der Waals surface area contributed by atoms with E-state index in [4.69, 9.17) is 0 Å². The Labute approximate surface area is 81.9 Å². The number of hydrogen-bond donors (Lipinski definition) is 1. The predicted octanol–water partition coefficient (Wildman–Crippen LogP) is 3.28. The molecule has 1 aliphatic rings. The van der Waals surface area contributed by atoms with E-state index in [0.29, 0.717) is 5.92 Å². The lowest BCUT2D eigenvalue weighted by Gasteiger charge is -2.23. The van der Waals surface area contributed by atoms with Gasteiger partial charge in [0.25, 0.3) is 0 Å². The molecule has 0 unspecified atom stereocenters. The van der Waals surface area contributed by atoms with Gasteiger partial charge in [-0.3, -0.25) is 0 Å². The summed E-state index contributed by atoms with van der Waals surface area (Å²) in [6.45, 7) is 2.22. The molecular formula is C12H22O. The predicted molar refractivity (Wildman–Crippen MR) is 56.6 cm³/mol. The van der Waals surface area contributed by atoms with Crippen LogP contribution in [-0.2, 0) is 0 Å². The molecule has 0 saturated heterocycles. The number of aliphatic hydroxyl groups excluding tert-OH is 1. The topological polar surface area (TPSA) is 20.2 Å². The van der Waals surface area contributed by atoms with E-state index in [1.807, 2.05) is 0 Å². The van der Waals surface area contributed by atoms with Crippen molar-refractivity contribution in [3.63, 3.8) is 0 Å². The second-order valence-corrected chi connectivity index (χ2v) is 4.10. The molecule has 1 rings (SSSR count). The highest BCUT2D eigenvalue weighted by Crippen LogP contribution is 2.24. The normalized spacial score (nSPS) is 32.2. The number of allylic oxidation sites excluding steroid dienone is 2. The van der Waals surface area contributed by atoms with Crippen LogP contribution in [0.25, 0.3) is 0 Å². The largest absolute Gasteiger partial charge is 0.393 e. The third-order valence-corrected chi connectivity index (χ3v) is 2.97. The Morgan fingerprint density at radius 3 is 2.62 bits per heavy atom. The fraction of sp³-hybridized carbons (Fsp3) is 0.833. The molecule has 0 aromatic carbocycles. The van der Waals surface area contributed by atoms with Gasteiger partial charge in [-0.25, -0.2) is 0 Å². The van der Waals surface area contributed by atoms with E-state index in [0.717, 1.165) is 19.3 Å². The minimum absolute atomic E-state index is 0.0449. The molecule has 0 heterocycles.